The molecule has 132 valence electrons. The summed E-state index contributed by atoms with van der Waals surface area (Å²) >= 11 is 0. The first-order valence-corrected chi connectivity index (χ1v) is 7.23. The van der Waals surface area contributed by atoms with Gasteiger partial charge in [-0.05, 0) is 38.5 Å². The second-order valence-electron chi connectivity index (χ2n) is 6.02. The minimum absolute atomic E-state index is 0.0836. The Balaban J connectivity index is 2.81. The number of methoxy groups -OCH3 is 1. The molecule has 0 bridgehead atoms. The van der Waals surface area contributed by atoms with Crippen LogP contribution in [0.3, 0.4) is 0 Å². The van der Waals surface area contributed by atoms with Crippen LogP contribution < -0.4 is 10.6 Å². The van der Waals surface area contributed by atoms with Crippen LogP contribution in [-0.4, -0.2) is 42.4 Å². The SMILES string of the molecule is COCC(=O)Nc1ccc(C(NC(=O)OC(C)(C)C)C(=O)O)cc1. The lowest BCUT2D eigenvalue weighted by Gasteiger charge is -2.22. The average molecular weight is 338 g/mol. The number of carboxylic acid groups (broad SMARTS) is 1. The first-order chi connectivity index (χ1) is 11.1. The third kappa shape index (κ3) is 6.66. The summed E-state index contributed by atoms with van der Waals surface area (Å²) in [5.41, 5.74) is 0.100. The van der Waals surface area contributed by atoms with Gasteiger partial charge in [0, 0.05) is 12.8 Å². The molecule has 1 unspecified atom stereocenters. The first-order valence-electron chi connectivity index (χ1n) is 7.23. The molecule has 8 nitrogen and oxygen atoms in total. The van der Waals surface area contributed by atoms with Gasteiger partial charge in [-0.2, -0.15) is 0 Å². The summed E-state index contributed by atoms with van der Waals surface area (Å²) in [6.07, 6.45) is -0.827. The van der Waals surface area contributed by atoms with E-state index in [1.807, 2.05) is 0 Å². The second kappa shape index (κ2) is 8.30. The zero-order chi connectivity index (χ0) is 18.3. The van der Waals surface area contributed by atoms with Gasteiger partial charge in [0.1, 0.15) is 12.2 Å². The number of hydrogen-bond acceptors (Lipinski definition) is 5. The van der Waals surface area contributed by atoms with Gasteiger partial charge in [-0.25, -0.2) is 9.59 Å². The van der Waals surface area contributed by atoms with Crippen LogP contribution in [0.25, 0.3) is 0 Å². The van der Waals surface area contributed by atoms with E-state index in [9.17, 15) is 19.5 Å². The average Bonchev–Trinajstić information content (AvgIpc) is 2.44. The smallest absolute Gasteiger partial charge is 0.408 e. The largest absolute Gasteiger partial charge is 0.479 e. The molecule has 1 atom stereocenters. The van der Waals surface area contributed by atoms with Crippen LogP contribution in [0.2, 0.25) is 0 Å². The third-order valence-electron chi connectivity index (χ3n) is 2.71. The van der Waals surface area contributed by atoms with Gasteiger partial charge < -0.3 is 25.2 Å². The van der Waals surface area contributed by atoms with Crippen molar-refractivity contribution >= 4 is 23.7 Å². The molecule has 1 aromatic carbocycles. The normalized spacial score (nSPS) is 12.2. The maximum absolute atomic E-state index is 11.8. The molecule has 0 aliphatic heterocycles. The molecule has 0 aromatic heterocycles. The summed E-state index contributed by atoms with van der Waals surface area (Å²) in [5, 5.41) is 14.2. The van der Waals surface area contributed by atoms with E-state index in [4.69, 9.17) is 9.47 Å². The van der Waals surface area contributed by atoms with Crippen LogP contribution in [0.15, 0.2) is 24.3 Å². The van der Waals surface area contributed by atoms with Crippen LogP contribution in [0.5, 0.6) is 0 Å². The maximum atomic E-state index is 11.8. The summed E-state index contributed by atoms with van der Waals surface area (Å²) in [6, 6.07) is 4.81. The van der Waals surface area contributed by atoms with Gasteiger partial charge in [-0.1, -0.05) is 12.1 Å². The lowest BCUT2D eigenvalue weighted by atomic mass is 10.1. The van der Waals surface area contributed by atoms with E-state index < -0.39 is 23.7 Å². The lowest BCUT2D eigenvalue weighted by molar-refractivity contribution is -0.139. The summed E-state index contributed by atoms with van der Waals surface area (Å²) in [5.74, 6) is -1.55. The van der Waals surface area contributed by atoms with Crippen molar-refractivity contribution in [2.75, 3.05) is 19.0 Å². The summed E-state index contributed by atoms with van der Waals surface area (Å²) in [4.78, 5) is 34.6. The molecule has 3 N–H and O–H groups in total. The fourth-order valence-electron chi connectivity index (χ4n) is 1.80. The zero-order valence-electron chi connectivity index (χ0n) is 14.1. The van der Waals surface area contributed by atoms with E-state index in [1.54, 1.807) is 20.8 Å². The summed E-state index contributed by atoms with van der Waals surface area (Å²) < 4.78 is 9.76. The van der Waals surface area contributed by atoms with E-state index in [-0.39, 0.29) is 12.5 Å². The van der Waals surface area contributed by atoms with Crippen molar-refractivity contribution in [1.82, 2.24) is 5.32 Å². The number of hydrogen-bond donors (Lipinski definition) is 3. The van der Waals surface area contributed by atoms with Crippen LogP contribution >= 0.6 is 0 Å². The Morgan fingerprint density at radius 2 is 1.75 bits per heavy atom. The van der Waals surface area contributed by atoms with Crippen LogP contribution in [-0.2, 0) is 19.1 Å². The number of ether oxygens (including phenoxy) is 2. The number of nitrogens with one attached hydrogen (secondary N) is 2. The minimum atomic E-state index is -1.26. The number of benzene rings is 1. The Kier molecular flexibility index (Phi) is 6.72. The third-order valence-corrected chi connectivity index (χ3v) is 2.71. The van der Waals surface area contributed by atoms with E-state index in [0.29, 0.717) is 11.3 Å². The van der Waals surface area contributed by atoms with Gasteiger partial charge in [0.15, 0.2) is 6.04 Å². The van der Waals surface area contributed by atoms with Crippen molar-refractivity contribution in [3.8, 4) is 0 Å². The molecular weight excluding hydrogens is 316 g/mol. The fourth-order valence-corrected chi connectivity index (χ4v) is 1.80. The molecule has 8 heteroatoms. The van der Waals surface area contributed by atoms with Gasteiger partial charge in [-0.15, -0.1) is 0 Å². The van der Waals surface area contributed by atoms with Crippen LogP contribution in [0, 0.1) is 0 Å². The number of anilines is 1. The van der Waals surface area contributed by atoms with Crippen molar-refractivity contribution in [3.63, 3.8) is 0 Å². The van der Waals surface area contributed by atoms with Crippen molar-refractivity contribution in [1.29, 1.82) is 0 Å². The number of carboxylic acids is 1. The number of alkyl carbamates (subject to hydrolysis) is 1. The Labute approximate surface area is 140 Å². The standard InChI is InChI=1S/C16H22N2O6/c1-16(2,3)24-15(22)18-13(14(20)21)10-5-7-11(8-6-10)17-12(19)9-23-4/h5-8,13H,9H2,1-4H3,(H,17,19)(H,18,22)(H,20,21). The highest BCUT2D eigenvalue weighted by Crippen LogP contribution is 2.18. The maximum Gasteiger partial charge on any atom is 0.408 e. The van der Waals surface area contributed by atoms with Gasteiger partial charge in [0.25, 0.3) is 0 Å². The van der Waals surface area contributed by atoms with Crippen molar-refractivity contribution in [2.24, 2.45) is 0 Å². The highest BCUT2D eigenvalue weighted by atomic mass is 16.6. The molecule has 0 saturated carbocycles. The fraction of sp³-hybridized carbons (Fsp3) is 0.438. The van der Waals surface area contributed by atoms with Crippen molar-refractivity contribution < 1.29 is 29.0 Å². The van der Waals surface area contributed by atoms with E-state index in [1.165, 1.54) is 31.4 Å². The van der Waals surface area contributed by atoms with Gasteiger partial charge in [0.2, 0.25) is 5.91 Å². The monoisotopic (exact) mass is 338 g/mol. The quantitative estimate of drug-likeness (QED) is 0.730. The molecule has 1 rings (SSSR count). The Hall–Kier alpha value is -2.61. The number of rotatable bonds is 6. The van der Waals surface area contributed by atoms with Crippen LogP contribution in [0.4, 0.5) is 10.5 Å². The zero-order valence-corrected chi connectivity index (χ0v) is 14.1. The molecule has 2 amide bonds. The molecular formula is C16H22N2O6. The molecule has 0 aliphatic rings. The molecule has 0 aliphatic carbocycles. The molecule has 0 spiro atoms. The molecule has 24 heavy (non-hydrogen) atoms. The van der Waals surface area contributed by atoms with Crippen LogP contribution in [0.1, 0.15) is 32.4 Å². The van der Waals surface area contributed by atoms with Crippen molar-refractivity contribution in [2.45, 2.75) is 32.4 Å². The Morgan fingerprint density at radius 3 is 2.21 bits per heavy atom. The van der Waals surface area contributed by atoms with E-state index in [2.05, 4.69) is 10.6 Å². The number of carbonyl (C=O) groups excluding carboxylic acids is 2. The summed E-state index contributed by atoms with van der Waals surface area (Å²) in [7, 11) is 1.41. The van der Waals surface area contributed by atoms with Gasteiger partial charge in [0.05, 0.1) is 0 Å². The topological polar surface area (TPSA) is 114 Å². The minimum Gasteiger partial charge on any atom is -0.479 e. The van der Waals surface area contributed by atoms with E-state index in [0.717, 1.165) is 0 Å². The van der Waals surface area contributed by atoms with E-state index >= 15 is 0 Å². The predicted molar refractivity (Wildman–Crippen MR) is 86.7 cm³/mol. The number of aliphatic carboxylic acids is 1. The predicted octanol–water partition coefficient (Wildman–Crippen LogP) is 1.92. The lowest BCUT2D eigenvalue weighted by Crippen LogP contribution is -2.38. The molecule has 0 radical (unpaired) electrons. The Bertz CT molecular complexity index is 592. The summed E-state index contributed by atoms with van der Waals surface area (Å²) in [6.45, 7) is 4.96. The molecule has 0 saturated heterocycles. The van der Waals surface area contributed by atoms with Gasteiger partial charge in [-0.3, -0.25) is 4.79 Å². The number of carbonyl (C=O) groups is 3. The molecule has 0 fully saturated rings. The van der Waals surface area contributed by atoms with Crippen molar-refractivity contribution in [3.05, 3.63) is 29.8 Å². The first kappa shape index (κ1) is 19.4. The highest BCUT2D eigenvalue weighted by Gasteiger charge is 2.25. The number of amides is 2. The molecule has 0 heterocycles. The molecule has 1 aromatic rings. The highest BCUT2D eigenvalue weighted by molar-refractivity contribution is 5.91. The second-order valence-corrected chi connectivity index (χ2v) is 6.02. The van der Waals surface area contributed by atoms with Gasteiger partial charge >= 0.3 is 12.1 Å². The Morgan fingerprint density at radius 1 is 1.17 bits per heavy atom.